The summed E-state index contributed by atoms with van der Waals surface area (Å²) in [6.45, 7) is 0. The van der Waals surface area contributed by atoms with Crippen molar-refractivity contribution in [3.8, 4) is 0 Å². The van der Waals surface area contributed by atoms with Crippen molar-refractivity contribution in [1.82, 2.24) is 19.9 Å². The number of sulfone groups is 1. The molecule has 0 aliphatic rings. The van der Waals surface area contributed by atoms with Crippen LogP contribution in [0, 0.1) is 0 Å². The highest BCUT2D eigenvalue weighted by atomic mass is 79.9. The SMILES string of the molecule is Br.O=S(=O)(c1ncc[nH]1)c1ncc[nH]1. The van der Waals surface area contributed by atoms with Gasteiger partial charge >= 0.3 is 0 Å². The summed E-state index contributed by atoms with van der Waals surface area (Å²) >= 11 is 0. The number of H-pyrrole nitrogens is 2. The van der Waals surface area contributed by atoms with Crippen molar-refractivity contribution in [2.24, 2.45) is 0 Å². The maximum atomic E-state index is 11.6. The Kier molecular flexibility index (Phi) is 3.06. The number of nitrogens with one attached hydrogen (secondary N) is 2. The zero-order valence-corrected chi connectivity index (χ0v) is 9.37. The number of hydrogen-bond acceptors (Lipinski definition) is 4. The molecule has 2 rings (SSSR count). The molecular formula is C6H7BrN4O2S. The minimum atomic E-state index is -3.59. The second-order valence-corrected chi connectivity index (χ2v) is 4.07. The molecule has 0 radical (unpaired) electrons. The molecule has 0 aliphatic heterocycles. The van der Waals surface area contributed by atoms with Gasteiger partial charge in [-0.1, -0.05) is 0 Å². The van der Waals surface area contributed by atoms with Crippen molar-refractivity contribution in [2.45, 2.75) is 10.3 Å². The molecule has 0 amide bonds. The van der Waals surface area contributed by atoms with Gasteiger partial charge in [-0.2, -0.15) is 0 Å². The van der Waals surface area contributed by atoms with Crippen LogP contribution in [0.25, 0.3) is 0 Å². The highest BCUT2D eigenvalue weighted by Crippen LogP contribution is 2.11. The number of nitrogens with zero attached hydrogens (tertiary/aromatic N) is 2. The molecule has 76 valence electrons. The molecule has 8 heteroatoms. The van der Waals surface area contributed by atoms with E-state index >= 15 is 0 Å². The van der Waals surface area contributed by atoms with Gasteiger partial charge < -0.3 is 9.97 Å². The predicted octanol–water partition coefficient (Wildman–Crippen LogP) is 0.543. The lowest BCUT2D eigenvalue weighted by Crippen LogP contribution is -2.05. The molecule has 2 N–H and O–H groups in total. The fourth-order valence-electron chi connectivity index (χ4n) is 0.887. The van der Waals surface area contributed by atoms with E-state index in [9.17, 15) is 8.42 Å². The van der Waals surface area contributed by atoms with Crippen LogP contribution in [0.3, 0.4) is 0 Å². The third kappa shape index (κ3) is 1.70. The van der Waals surface area contributed by atoms with Gasteiger partial charge in [-0.15, -0.1) is 17.0 Å². The molecule has 0 atom stereocenters. The first-order chi connectivity index (χ1) is 6.21. The van der Waals surface area contributed by atoms with Crippen molar-refractivity contribution in [3.63, 3.8) is 0 Å². The summed E-state index contributed by atoms with van der Waals surface area (Å²) in [5.41, 5.74) is 0. The molecule has 0 aromatic carbocycles. The van der Waals surface area contributed by atoms with Crippen molar-refractivity contribution in [3.05, 3.63) is 24.8 Å². The molecule has 0 spiro atoms. The largest absolute Gasteiger partial charge is 0.335 e. The quantitative estimate of drug-likeness (QED) is 0.839. The highest BCUT2D eigenvalue weighted by molar-refractivity contribution is 8.93. The molecule has 0 unspecified atom stereocenters. The molecule has 0 aliphatic carbocycles. The Labute approximate surface area is 90.5 Å². The predicted molar refractivity (Wildman–Crippen MR) is 52.9 cm³/mol. The third-order valence-corrected chi connectivity index (χ3v) is 2.92. The van der Waals surface area contributed by atoms with Gasteiger partial charge in [0.25, 0.3) is 9.84 Å². The third-order valence-electron chi connectivity index (χ3n) is 1.46. The molecule has 0 bridgehead atoms. The molecule has 2 heterocycles. The van der Waals surface area contributed by atoms with E-state index in [0.717, 1.165) is 0 Å². The van der Waals surface area contributed by atoms with Gasteiger partial charge in [0.1, 0.15) is 0 Å². The van der Waals surface area contributed by atoms with Crippen molar-refractivity contribution in [2.75, 3.05) is 0 Å². The zero-order chi connectivity index (χ0) is 9.31. The first kappa shape index (κ1) is 10.9. The Morgan fingerprint density at radius 1 is 1.00 bits per heavy atom. The average molecular weight is 279 g/mol. The molecule has 0 saturated carbocycles. The van der Waals surface area contributed by atoms with Crippen LogP contribution in [0.15, 0.2) is 35.1 Å². The molecular weight excluding hydrogens is 272 g/mol. The van der Waals surface area contributed by atoms with Gasteiger partial charge in [0.2, 0.25) is 10.3 Å². The molecule has 14 heavy (non-hydrogen) atoms. The maximum Gasteiger partial charge on any atom is 0.273 e. The molecule has 2 aromatic rings. The van der Waals surface area contributed by atoms with Crippen LogP contribution in [0.5, 0.6) is 0 Å². The van der Waals surface area contributed by atoms with Gasteiger partial charge in [0.05, 0.1) is 0 Å². The molecule has 0 saturated heterocycles. The lowest BCUT2D eigenvalue weighted by Gasteiger charge is -1.94. The number of aromatic amines is 2. The summed E-state index contributed by atoms with van der Waals surface area (Å²) < 4.78 is 23.1. The van der Waals surface area contributed by atoms with E-state index in [4.69, 9.17) is 0 Å². The molecule has 0 fully saturated rings. The Morgan fingerprint density at radius 3 is 1.71 bits per heavy atom. The van der Waals surface area contributed by atoms with Gasteiger partial charge in [0.15, 0.2) is 0 Å². The zero-order valence-electron chi connectivity index (χ0n) is 6.84. The standard InChI is InChI=1S/C6H6N4O2S.BrH/c11-13(12,5-7-1-2-8-5)6-9-3-4-10-6;/h1-4H,(H,7,8)(H,9,10);1H. The van der Waals surface area contributed by atoms with E-state index in [0.29, 0.717) is 0 Å². The van der Waals surface area contributed by atoms with Crippen LogP contribution < -0.4 is 0 Å². The number of hydrogen-bond donors (Lipinski definition) is 2. The van der Waals surface area contributed by atoms with Gasteiger partial charge in [-0.25, -0.2) is 18.4 Å². The smallest absolute Gasteiger partial charge is 0.273 e. The monoisotopic (exact) mass is 278 g/mol. The van der Waals surface area contributed by atoms with Crippen LogP contribution in [-0.4, -0.2) is 28.4 Å². The lowest BCUT2D eigenvalue weighted by molar-refractivity contribution is 0.581. The number of halogens is 1. The Morgan fingerprint density at radius 2 is 1.43 bits per heavy atom. The summed E-state index contributed by atoms with van der Waals surface area (Å²) in [6, 6.07) is 0. The van der Waals surface area contributed by atoms with Gasteiger partial charge in [-0.05, 0) is 0 Å². The number of imidazole rings is 2. The van der Waals surface area contributed by atoms with Gasteiger partial charge in [-0.3, -0.25) is 0 Å². The average Bonchev–Trinajstić information content (AvgIpc) is 2.78. The van der Waals surface area contributed by atoms with Crippen LogP contribution >= 0.6 is 17.0 Å². The first-order valence-corrected chi connectivity index (χ1v) is 4.93. The van der Waals surface area contributed by atoms with E-state index in [-0.39, 0.29) is 27.3 Å². The second-order valence-electron chi connectivity index (χ2n) is 2.29. The minimum Gasteiger partial charge on any atom is -0.335 e. The Bertz CT molecular complexity index is 436. The minimum absolute atomic E-state index is 0. The van der Waals surface area contributed by atoms with E-state index in [2.05, 4.69) is 19.9 Å². The van der Waals surface area contributed by atoms with E-state index in [1.165, 1.54) is 24.8 Å². The fourth-order valence-corrected chi connectivity index (χ4v) is 1.92. The summed E-state index contributed by atoms with van der Waals surface area (Å²) in [4.78, 5) is 12.3. The van der Waals surface area contributed by atoms with Crippen molar-refractivity contribution >= 4 is 26.8 Å². The van der Waals surface area contributed by atoms with E-state index in [1.807, 2.05) is 0 Å². The lowest BCUT2D eigenvalue weighted by atomic mass is 11.0. The number of aromatic nitrogens is 4. The summed E-state index contributed by atoms with van der Waals surface area (Å²) in [5, 5.41) is -0.218. The first-order valence-electron chi connectivity index (χ1n) is 3.45. The van der Waals surface area contributed by atoms with Crippen molar-refractivity contribution in [1.29, 1.82) is 0 Å². The maximum absolute atomic E-state index is 11.6. The van der Waals surface area contributed by atoms with E-state index < -0.39 is 9.84 Å². The summed E-state index contributed by atoms with van der Waals surface area (Å²) in [7, 11) is -3.59. The topological polar surface area (TPSA) is 91.5 Å². The molecule has 2 aromatic heterocycles. The fraction of sp³-hybridized carbons (Fsp3) is 0. The Balaban J connectivity index is 0.000000980. The van der Waals surface area contributed by atoms with Crippen LogP contribution in [0.4, 0.5) is 0 Å². The van der Waals surface area contributed by atoms with Crippen LogP contribution in [0.2, 0.25) is 0 Å². The van der Waals surface area contributed by atoms with Crippen LogP contribution in [0.1, 0.15) is 0 Å². The second kappa shape index (κ2) is 3.93. The van der Waals surface area contributed by atoms with Gasteiger partial charge in [0, 0.05) is 24.8 Å². The highest BCUT2D eigenvalue weighted by Gasteiger charge is 2.22. The summed E-state index contributed by atoms with van der Waals surface area (Å²) in [6.07, 6.45) is 5.62. The normalized spacial score (nSPS) is 10.9. The van der Waals surface area contributed by atoms with E-state index in [1.54, 1.807) is 0 Å². The number of rotatable bonds is 2. The summed E-state index contributed by atoms with van der Waals surface area (Å²) in [5.74, 6) is 0. The Hall–Kier alpha value is -1.15. The van der Waals surface area contributed by atoms with Crippen molar-refractivity contribution < 1.29 is 8.42 Å². The van der Waals surface area contributed by atoms with Crippen LogP contribution in [-0.2, 0) is 9.84 Å². The molecule has 6 nitrogen and oxygen atoms in total.